The normalized spacial score (nSPS) is 18.9. The first-order chi connectivity index (χ1) is 8.08. The minimum absolute atomic E-state index is 0.0130. The summed E-state index contributed by atoms with van der Waals surface area (Å²) in [5.41, 5.74) is 0.0130. The van der Waals surface area contributed by atoms with Gasteiger partial charge in [0.1, 0.15) is 11.3 Å². The van der Waals surface area contributed by atoms with E-state index in [1.54, 1.807) is 6.07 Å². The van der Waals surface area contributed by atoms with E-state index < -0.39 is 18.0 Å². The fourth-order valence-corrected chi connectivity index (χ4v) is 1.81. The van der Waals surface area contributed by atoms with Crippen LogP contribution in [0.4, 0.5) is 0 Å². The lowest BCUT2D eigenvalue weighted by molar-refractivity contribution is -0.145. The van der Waals surface area contributed by atoms with Gasteiger partial charge >= 0.3 is 11.9 Å². The van der Waals surface area contributed by atoms with E-state index in [0.717, 1.165) is 0 Å². The molecular weight excluding hydrogens is 292 g/mol. The maximum Gasteiger partial charge on any atom is 0.347 e. The molecule has 1 fully saturated rings. The van der Waals surface area contributed by atoms with Gasteiger partial charge in [0, 0.05) is 10.9 Å². The molecule has 1 aromatic carbocycles. The zero-order valence-electron chi connectivity index (χ0n) is 8.68. The molecule has 0 amide bonds. The van der Waals surface area contributed by atoms with Crippen LogP contribution in [0.5, 0.6) is 5.75 Å². The van der Waals surface area contributed by atoms with Crippen LogP contribution >= 0.6 is 15.9 Å². The number of ether oxygens (including phenoxy) is 2. The number of halogens is 1. The third-order valence-electron chi connectivity index (χ3n) is 2.32. The summed E-state index contributed by atoms with van der Waals surface area (Å²) in [6.45, 7) is 0.251. The average Bonchev–Trinajstić information content (AvgIpc) is 2.68. The molecule has 5 nitrogen and oxygen atoms in total. The van der Waals surface area contributed by atoms with Crippen LogP contribution in [0.15, 0.2) is 22.7 Å². The van der Waals surface area contributed by atoms with Crippen LogP contribution in [-0.2, 0) is 14.3 Å². The Labute approximate surface area is 105 Å². The van der Waals surface area contributed by atoms with E-state index in [1.807, 2.05) is 0 Å². The highest BCUT2D eigenvalue weighted by Crippen LogP contribution is 2.24. The predicted octanol–water partition coefficient (Wildman–Crippen LogP) is 1.63. The van der Waals surface area contributed by atoms with Crippen LogP contribution in [0.2, 0.25) is 0 Å². The molecule has 1 saturated heterocycles. The third kappa shape index (κ3) is 2.58. The second-order valence-corrected chi connectivity index (χ2v) is 4.43. The van der Waals surface area contributed by atoms with Crippen LogP contribution in [0, 0.1) is 0 Å². The SMILES string of the molecule is O=C(O[C@H]1CCOC1=O)c1cc(Br)ccc1O. The van der Waals surface area contributed by atoms with Gasteiger partial charge in [-0.25, -0.2) is 9.59 Å². The van der Waals surface area contributed by atoms with Gasteiger partial charge in [-0.2, -0.15) is 0 Å². The van der Waals surface area contributed by atoms with Crippen LogP contribution < -0.4 is 0 Å². The molecule has 0 spiro atoms. The lowest BCUT2D eigenvalue weighted by Crippen LogP contribution is -2.22. The summed E-state index contributed by atoms with van der Waals surface area (Å²) in [5, 5.41) is 9.51. The van der Waals surface area contributed by atoms with Crippen molar-refractivity contribution in [1.29, 1.82) is 0 Å². The molecular formula is C11H9BrO5. The Hall–Kier alpha value is -1.56. The first-order valence-electron chi connectivity index (χ1n) is 4.94. The molecule has 1 aromatic rings. The second kappa shape index (κ2) is 4.75. The van der Waals surface area contributed by atoms with Gasteiger partial charge in [0.25, 0.3) is 0 Å². The molecule has 2 rings (SSSR count). The maximum absolute atomic E-state index is 11.7. The summed E-state index contributed by atoms with van der Waals surface area (Å²) in [5.74, 6) is -1.48. The van der Waals surface area contributed by atoms with Gasteiger partial charge in [-0.15, -0.1) is 0 Å². The fourth-order valence-electron chi connectivity index (χ4n) is 1.45. The number of cyclic esters (lactones) is 1. The van der Waals surface area contributed by atoms with Gasteiger partial charge in [0.15, 0.2) is 0 Å². The molecule has 0 unspecified atom stereocenters. The topological polar surface area (TPSA) is 72.8 Å². The number of hydrogen-bond acceptors (Lipinski definition) is 5. The number of aromatic hydroxyl groups is 1. The minimum Gasteiger partial charge on any atom is -0.507 e. The Morgan fingerprint density at radius 2 is 2.29 bits per heavy atom. The highest BCUT2D eigenvalue weighted by atomic mass is 79.9. The van der Waals surface area contributed by atoms with Gasteiger partial charge in [-0.1, -0.05) is 15.9 Å². The van der Waals surface area contributed by atoms with Crippen LogP contribution in [0.25, 0.3) is 0 Å². The predicted molar refractivity (Wildman–Crippen MR) is 60.6 cm³/mol. The molecule has 0 aromatic heterocycles. The number of phenols is 1. The van der Waals surface area contributed by atoms with E-state index in [4.69, 9.17) is 4.74 Å². The third-order valence-corrected chi connectivity index (χ3v) is 2.81. The van der Waals surface area contributed by atoms with E-state index >= 15 is 0 Å². The zero-order valence-corrected chi connectivity index (χ0v) is 10.3. The van der Waals surface area contributed by atoms with Gasteiger partial charge in [0.2, 0.25) is 6.10 Å². The van der Waals surface area contributed by atoms with Crippen LogP contribution in [0.3, 0.4) is 0 Å². The van der Waals surface area contributed by atoms with Crippen molar-refractivity contribution in [3.63, 3.8) is 0 Å². The highest BCUT2D eigenvalue weighted by Gasteiger charge is 2.31. The molecule has 0 aliphatic carbocycles. The Morgan fingerprint density at radius 1 is 1.53 bits per heavy atom. The smallest absolute Gasteiger partial charge is 0.347 e. The summed E-state index contributed by atoms with van der Waals surface area (Å²) in [4.78, 5) is 22.8. The number of hydrogen-bond donors (Lipinski definition) is 1. The van der Waals surface area contributed by atoms with Crippen molar-refractivity contribution in [2.75, 3.05) is 6.61 Å². The average molecular weight is 301 g/mol. The Bertz CT molecular complexity index is 471. The first kappa shape index (κ1) is 11.9. The summed E-state index contributed by atoms with van der Waals surface area (Å²) >= 11 is 3.18. The molecule has 90 valence electrons. The Balaban J connectivity index is 2.14. The molecule has 0 bridgehead atoms. The molecule has 17 heavy (non-hydrogen) atoms. The van der Waals surface area contributed by atoms with Crippen molar-refractivity contribution in [2.24, 2.45) is 0 Å². The summed E-state index contributed by atoms with van der Waals surface area (Å²) < 4.78 is 10.3. The molecule has 1 heterocycles. The second-order valence-electron chi connectivity index (χ2n) is 3.51. The standard InChI is InChI=1S/C11H9BrO5/c12-6-1-2-8(13)7(5-6)10(14)17-9-3-4-16-11(9)15/h1-2,5,9,13H,3-4H2/t9-/m0/s1. The Kier molecular flexibility index (Phi) is 3.33. The molecule has 1 aliphatic rings. The van der Waals surface area contributed by atoms with Gasteiger partial charge in [0.05, 0.1) is 6.61 Å². The lowest BCUT2D eigenvalue weighted by Gasteiger charge is -2.09. The van der Waals surface area contributed by atoms with E-state index in [-0.39, 0.29) is 17.9 Å². The number of carbonyl (C=O) groups is 2. The Morgan fingerprint density at radius 3 is 2.94 bits per heavy atom. The maximum atomic E-state index is 11.7. The van der Waals surface area contributed by atoms with Gasteiger partial charge < -0.3 is 14.6 Å². The van der Waals surface area contributed by atoms with E-state index in [0.29, 0.717) is 10.9 Å². The van der Waals surface area contributed by atoms with Crippen LogP contribution in [-0.4, -0.2) is 29.8 Å². The monoisotopic (exact) mass is 300 g/mol. The molecule has 1 aliphatic heterocycles. The fraction of sp³-hybridized carbons (Fsp3) is 0.273. The number of rotatable bonds is 2. The molecule has 6 heteroatoms. The minimum atomic E-state index is -0.874. The first-order valence-corrected chi connectivity index (χ1v) is 5.73. The van der Waals surface area contributed by atoms with Crippen molar-refractivity contribution in [1.82, 2.24) is 0 Å². The molecule has 1 N–H and O–H groups in total. The van der Waals surface area contributed by atoms with Gasteiger partial charge in [-0.3, -0.25) is 0 Å². The largest absolute Gasteiger partial charge is 0.507 e. The number of phenolic OH excluding ortho intramolecular Hbond substituents is 1. The van der Waals surface area contributed by atoms with E-state index in [9.17, 15) is 14.7 Å². The number of benzene rings is 1. The van der Waals surface area contributed by atoms with Crippen molar-refractivity contribution in [2.45, 2.75) is 12.5 Å². The summed E-state index contributed by atoms with van der Waals surface area (Å²) in [7, 11) is 0. The summed E-state index contributed by atoms with van der Waals surface area (Å²) in [6, 6.07) is 4.39. The quantitative estimate of drug-likeness (QED) is 0.840. The summed E-state index contributed by atoms with van der Waals surface area (Å²) in [6.07, 6.45) is -0.528. The van der Waals surface area contributed by atoms with Crippen LogP contribution in [0.1, 0.15) is 16.8 Å². The van der Waals surface area contributed by atoms with Crippen molar-refractivity contribution in [3.8, 4) is 5.75 Å². The van der Waals surface area contributed by atoms with E-state index in [2.05, 4.69) is 20.7 Å². The van der Waals surface area contributed by atoms with Crippen molar-refractivity contribution >= 4 is 27.9 Å². The van der Waals surface area contributed by atoms with Gasteiger partial charge in [-0.05, 0) is 18.2 Å². The lowest BCUT2D eigenvalue weighted by atomic mass is 10.2. The van der Waals surface area contributed by atoms with Crippen molar-refractivity contribution in [3.05, 3.63) is 28.2 Å². The number of esters is 2. The zero-order chi connectivity index (χ0) is 12.4. The molecule has 0 radical (unpaired) electrons. The number of carbonyl (C=O) groups excluding carboxylic acids is 2. The molecule has 0 saturated carbocycles. The van der Waals surface area contributed by atoms with E-state index in [1.165, 1.54) is 12.1 Å². The molecule has 1 atom stereocenters. The van der Waals surface area contributed by atoms with Crippen molar-refractivity contribution < 1.29 is 24.2 Å². The highest BCUT2D eigenvalue weighted by molar-refractivity contribution is 9.10.